The normalized spacial score (nSPS) is 12.4. The number of halogens is 1. The van der Waals surface area contributed by atoms with Crippen LogP contribution in [0.25, 0.3) is 0 Å². The quantitative estimate of drug-likeness (QED) is 0.809. The second-order valence-electron chi connectivity index (χ2n) is 3.13. The molecule has 15 heavy (non-hydrogen) atoms. The molecule has 0 aliphatic heterocycles. The van der Waals surface area contributed by atoms with Gasteiger partial charge in [0.2, 0.25) is 0 Å². The zero-order valence-electron chi connectivity index (χ0n) is 7.84. The van der Waals surface area contributed by atoms with Gasteiger partial charge in [0.1, 0.15) is 11.9 Å². The van der Waals surface area contributed by atoms with E-state index in [4.69, 9.17) is 0 Å². The molecule has 4 heteroatoms. The minimum absolute atomic E-state index is 0.367. The molecule has 0 aliphatic carbocycles. The highest BCUT2D eigenvalue weighted by molar-refractivity contribution is 5.27. The summed E-state index contributed by atoms with van der Waals surface area (Å²) in [6, 6.07) is 7.49. The molecule has 1 heterocycles. The van der Waals surface area contributed by atoms with Gasteiger partial charge in [0.25, 0.3) is 0 Å². The van der Waals surface area contributed by atoms with Crippen molar-refractivity contribution in [1.29, 1.82) is 0 Å². The number of rotatable bonds is 2. The summed E-state index contributed by atoms with van der Waals surface area (Å²) in [5.41, 5.74) is 1.10. The molecular weight excluding hydrogens is 195 g/mol. The lowest BCUT2D eigenvalue weighted by Crippen LogP contribution is -2.00. The summed E-state index contributed by atoms with van der Waals surface area (Å²) >= 11 is 0. The smallest absolute Gasteiger partial charge is 0.123 e. The van der Waals surface area contributed by atoms with E-state index in [1.807, 2.05) is 0 Å². The second-order valence-corrected chi connectivity index (χ2v) is 3.13. The van der Waals surface area contributed by atoms with E-state index in [-0.39, 0.29) is 5.82 Å². The third kappa shape index (κ3) is 2.16. The van der Waals surface area contributed by atoms with Crippen molar-refractivity contribution in [3.8, 4) is 0 Å². The van der Waals surface area contributed by atoms with Crippen LogP contribution in [0.4, 0.5) is 4.39 Å². The summed E-state index contributed by atoms with van der Waals surface area (Å²) in [6.45, 7) is 0. The van der Waals surface area contributed by atoms with Gasteiger partial charge in [-0.25, -0.2) is 4.39 Å². The predicted octanol–water partition coefficient (Wildman–Crippen LogP) is 1.70. The van der Waals surface area contributed by atoms with Crippen LogP contribution in [0, 0.1) is 5.82 Å². The molecule has 0 bridgehead atoms. The molecule has 1 unspecified atom stereocenters. The van der Waals surface area contributed by atoms with Crippen LogP contribution in [0.2, 0.25) is 0 Å². The lowest BCUT2D eigenvalue weighted by atomic mass is 10.0. The van der Waals surface area contributed by atoms with Crippen LogP contribution in [0.15, 0.2) is 42.7 Å². The predicted molar refractivity (Wildman–Crippen MR) is 52.5 cm³/mol. The number of aliphatic hydroxyl groups excluding tert-OH is 1. The third-order valence-corrected chi connectivity index (χ3v) is 2.09. The van der Waals surface area contributed by atoms with E-state index in [2.05, 4.69) is 10.2 Å². The maximum Gasteiger partial charge on any atom is 0.123 e. The SMILES string of the molecule is OC(c1ccnnc1)c1cccc(F)c1. The lowest BCUT2D eigenvalue weighted by Gasteiger charge is -2.10. The van der Waals surface area contributed by atoms with E-state index in [0.717, 1.165) is 0 Å². The van der Waals surface area contributed by atoms with E-state index in [1.165, 1.54) is 24.5 Å². The van der Waals surface area contributed by atoms with Crippen LogP contribution in [-0.4, -0.2) is 15.3 Å². The Morgan fingerprint density at radius 3 is 2.67 bits per heavy atom. The van der Waals surface area contributed by atoms with Crippen LogP contribution in [-0.2, 0) is 0 Å². The zero-order valence-corrected chi connectivity index (χ0v) is 7.84. The van der Waals surface area contributed by atoms with Crippen molar-refractivity contribution >= 4 is 0 Å². The van der Waals surface area contributed by atoms with Gasteiger partial charge in [0.15, 0.2) is 0 Å². The molecule has 3 nitrogen and oxygen atoms in total. The van der Waals surface area contributed by atoms with Gasteiger partial charge in [-0.1, -0.05) is 12.1 Å². The van der Waals surface area contributed by atoms with E-state index in [1.54, 1.807) is 18.2 Å². The van der Waals surface area contributed by atoms with Gasteiger partial charge in [0.05, 0.1) is 6.20 Å². The van der Waals surface area contributed by atoms with Crippen LogP contribution in [0.5, 0.6) is 0 Å². The Labute approximate surface area is 86.2 Å². The van der Waals surface area contributed by atoms with Crippen LogP contribution in [0.1, 0.15) is 17.2 Å². The fourth-order valence-electron chi connectivity index (χ4n) is 1.33. The highest BCUT2D eigenvalue weighted by Crippen LogP contribution is 2.20. The Morgan fingerprint density at radius 2 is 2.00 bits per heavy atom. The molecule has 2 rings (SSSR count). The average Bonchev–Trinajstić information content (AvgIpc) is 2.29. The molecule has 1 atom stereocenters. The first-order chi connectivity index (χ1) is 7.27. The Hall–Kier alpha value is -1.81. The van der Waals surface area contributed by atoms with Crippen molar-refractivity contribution in [2.24, 2.45) is 0 Å². The molecule has 0 fully saturated rings. The zero-order chi connectivity index (χ0) is 10.7. The van der Waals surface area contributed by atoms with Gasteiger partial charge < -0.3 is 5.11 Å². The molecule has 0 radical (unpaired) electrons. The molecule has 1 aromatic heterocycles. The van der Waals surface area contributed by atoms with E-state index < -0.39 is 6.10 Å². The summed E-state index contributed by atoms with van der Waals surface area (Å²) in [6.07, 6.45) is 2.07. The maximum atomic E-state index is 12.9. The highest BCUT2D eigenvalue weighted by Gasteiger charge is 2.10. The summed E-state index contributed by atoms with van der Waals surface area (Å²) < 4.78 is 12.9. The van der Waals surface area contributed by atoms with Gasteiger partial charge >= 0.3 is 0 Å². The first-order valence-corrected chi connectivity index (χ1v) is 4.47. The van der Waals surface area contributed by atoms with Gasteiger partial charge in [-0.15, -0.1) is 0 Å². The molecule has 1 N–H and O–H groups in total. The Balaban J connectivity index is 2.32. The monoisotopic (exact) mass is 204 g/mol. The van der Waals surface area contributed by atoms with Crippen molar-refractivity contribution < 1.29 is 9.50 Å². The molecule has 0 aliphatic rings. The third-order valence-electron chi connectivity index (χ3n) is 2.09. The van der Waals surface area contributed by atoms with Crippen molar-refractivity contribution in [3.05, 3.63) is 59.7 Å². The second kappa shape index (κ2) is 4.14. The molecule has 2 aromatic rings. The van der Waals surface area contributed by atoms with Gasteiger partial charge in [-0.2, -0.15) is 10.2 Å². The summed E-state index contributed by atoms with van der Waals surface area (Å²) in [5, 5.41) is 17.1. The topological polar surface area (TPSA) is 46.0 Å². The lowest BCUT2D eigenvalue weighted by molar-refractivity contribution is 0.219. The number of nitrogens with zero attached hydrogens (tertiary/aromatic N) is 2. The molecule has 0 amide bonds. The van der Waals surface area contributed by atoms with Gasteiger partial charge in [-0.05, 0) is 23.8 Å². The van der Waals surface area contributed by atoms with Gasteiger partial charge in [-0.3, -0.25) is 0 Å². The van der Waals surface area contributed by atoms with E-state index in [9.17, 15) is 9.50 Å². The number of benzene rings is 1. The highest BCUT2D eigenvalue weighted by atomic mass is 19.1. The first-order valence-electron chi connectivity index (χ1n) is 4.47. The van der Waals surface area contributed by atoms with Crippen molar-refractivity contribution in [1.82, 2.24) is 10.2 Å². The van der Waals surface area contributed by atoms with E-state index >= 15 is 0 Å². The number of aromatic nitrogens is 2. The summed E-state index contributed by atoms with van der Waals surface area (Å²) in [5.74, 6) is -0.367. The summed E-state index contributed by atoms with van der Waals surface area (Å²) in [4.78, 5) is 0. The summed E-state index contributed by atoms with van der Waals surface area (Å²) in [7, 11) is 0. The fourth-order valence-corrected chi connectivity index (χ4v) is 1.33. The van der Waals surface area contributed by atoms with Gasteiger partial charge in [0, 0.05) is 11.8 Å². The van der Waals surface area contributed by atoms with Crippen molar-refractivity contribution in [2.75, 3.05) is 0 Å². The molecule has 0 saturated heterocycles. The first kappa shape index (κ1) is 9.73. The van der Waals surface area contributed by atoms with Crippen LogP contribution >= 0.6 is 0 Å². The largest absolute Gasteiger partial charge is 0.384 e. The molecule has 0 saturated carbocycles. The van der Waals surface area contributed by atoms with Crippen molar-refractivity contribution in [3.63, 3.8) is 0 Å². The van der Waals surface area contributed by atoms with E-state index in [0.29, 0.717) is 11.1 Å². The minimum Gasteiger partial charge on any atom is -0.384 e. The number of hydrogen-bond donors (Lipinski definition) is 1. The molecule has 1 aromatic carbocycles. The fraction of sp³-hybridized carbons (Fsp3) is 0.0909. The number of hydrogen-bond acceptors (Lipinski definition) is 3. The van der Waals surface area contributed by atoms with Crippen LogP contribution < -0.4 is 0 Å². The maximum absolute atomic E-state index is 12.9. The molecular formula is C11H9FN2O. The Bertz CT molecular complexity index is 447. The Kier molecular flexibility index (Phi) is 2.69. The average molecular weight is 204 g/mol. The standard InChI is InChI=1S/C11H9FN2O/c12-10-3-1-2-8(6-10)11(15)9-4-5-13-14-7-9/h1-7,11,15H. The Morgan fingerprint density at radius 1 is 1.13 bits per heavy atom. The molecule has 0 spiro atoms. The van der Waals surface area contributed by atoms with Crippen LogP contribution in [0.3, 0.4) is 0 Å². The molecule has 76 valence electrons. The minimum atomic E-state index is -0.865. The number of aliphatic hydroxyl groups is 1. The van der Waals surface area contributed by atoms with Crippen molar-refractivity contribution in [2.45, 2.75) is 6.10 Å².